The number of nitrogens with one attached hydrogen (secondary N) is 3. The molecule has 0 aliphatic rings. The van der Waals surface area contributed by atoms with Crippen LogP contribution in [0, 0.1) is 0 Å². The summed E-state index contributed by atoms with van der Waals surface area (Å²) in [5.74, 6) is -0.600. The van der Waals surface area contributed by atoms with Gasteiger partial charge in [-0.05, 0) is 14.0 Å². The molecule has 0 aliphatic carbocycles. The van der Waals surface area contributed by atoms with Crippen molar-refractivity contribution in [3.63, 3.8) is 0 Å². The summed E-state index contributed by atoms with van der Waals surface area (Å²) < 4.78 is 0. The normalized spacial score (nSPS) is 14.7. The number of rotatable bonds is 7. The zero-order valence-corrected chi connectivity index (χ0v) is 14.4. The van der Waals surface area contributed by atoms with Gasteiger partial charge in [0.05, 0.1) is 6.04 Å². The molecule has 0 spiro atoms. The predicted octanol–water partition coefficient (Wildman–Crippen LogP) is -1.38. The molecule has 0 bridgehead atoms. The molecule has 1 radical (unpaired) electrons. The smallest absolute Gasteiger partial charge is 0.241 e. The summed E-state index contributed by atoms with van der Waals surface area (Å²) in [5.41, 5.74) is 0. The first-order valence-corrected chi connectivity index (χ1v) is 5.86. The molecular formula is C10H18N3O3SY-. The number of carbonyl (C=O) groups excluding carboxylic acids is 3. The summed E-state index contributed by atoms with van der Waals surface area (Å²) in [6.45, 7) is 3.17. The van der Waals surface area contributed by atoms with Crippen molar-refractivity contribution in [2.45, 2.75) is 32.0 Å². The number of thiol groups is 1. The van der Waals surface area contributed by atoms with Gasteiger partial charge in [0, 0.05) is 38.5 Å². The Bertz CT molecular complexity index is 292. The van der Waals surface area contributed by atoms with Gasteiger partial charge in [0.2, 0.25) is 11.8 Å². The van der Waals surface area contributed by atoms with Crippen LogP contribution in [0.2, 0.25) is 0 Å². The van der Waals surface area contributed by atoms with Crippen LogP contribution in [0.1, 0.15) is 13.8 Å². The van der Waals surface area contributed by atoms with Gasteiger partial charge in [-0.1, -0.05) is 13.0 Å². The second-order valence-electron chi connectivity index (χ2n) is 3.60. The molecule has 0 aromatic rings. The molecular weight excluding hydrogens is 331 g/mol. The van der Waals surface area contributed by atoms with Gasteiger partial charge < -0.3 is 20.7 Å². The summed E-state index contributed by atoms with van der Waals surface area (Å²) in [6, 6.07) is -1.87. The topological polar surface area (TPSA) is 87.3 Å². The second-order valence-corrected chi connectivity index (χ2v) is 3.97. The first-order valence-electron chi connectivity index (χ1n) is 5.22. The Morgan fingerprint density at radius 2 is 1.78 bits per heavy atom. The van der Waals surface area contributed by atoms with E-state index in [9.17, 15) is 14.4 Å². The molecule has 18 heavy (non-hydrogen) atoms. The van der Waals surface area contributed by atoms with Crippen molar-refractivity contribution < 1.29 is 47.1 Å². The SMILES string of the molecule is CNC(C)C(=O)NC(CS)C(=O)NC(C)[C-]=O.[Y]. The van der Waals surface area contributed by atoms with Crippen LogP contribution in [0.4, 0.5) is 0 Å². The van der Waals surface area contributed by atoms with Gasteiger partial charge in [-0.25, -0.2) is 6.29 Å². The molecule has 0 aromatic heterocycles. The zero-order valence-electron chi connectivity index (χ0n) is 10.7. The van der Waals surface area contributed by atoms with Gasteiger partial charge in [-0.3, -0.25) is 9.59 Å². The monoisotopic (exact) mass is 349 g/mol. The van der Waals surface area contributed by atoms with E-state index in [2.05, 4.69) is 28.6 Å². The predicted molar refractivity (Wildman–Crippen MR) is 67.6 cm³/mol. The van der Waals surface area contributed by atoms with Crippen LogP contribution in [0.3, 0.4) is 0 Å². The van der Waals surface area contributed by atoms with Crippen molar-refractivity contribution in [2.24, 2.45) is 0 Å². The van der Waals surface area contributed by atoms with Gasteiger partial charge in [-0.15, -0.1) is 0 Å². The van der Waals surface area contributed by atoms with E-state index in [0.29, 0.717) is 0 Å². The van der Waals surface area contributed by atoms with E-state index in [1.54, 1.807) is 20.3 Å². The molecule has 0 saturated heterocycles. The van der Waals surface area contributed by atoms with E-state index in [0.717, 1.165) is 0 Å². The first-order chi connectivity index (χ1) is 7.96. The molecule has 3 atom stereocenters. The molecule has 2 amide bonds. The van der Waals surface area contributed by atoms with Crippen LogP contribution >= 0.6 is 12.6 Å². The fourth-order valence-electron chi connectivity index (χ4n) is 0.965. The minimum absolute atomic E-state index is 0. The number of likely N-dealkylation sites (N-methyl/N-ethyl adjacent to an activating group) is 1. The number of amides is 2. The Hall–Kier alpha value is 0.0239. The quantitative estimate of drug-likeness (QED) is 0.337. The van der Waals surface area contributed by atoms with E-state index in [4.69, 9.17) is 0 Å². The molecule has 0 saturated carbocycles. The molecule has 0 aromatic carbocycles. The minimum atomic E-state index is -0.766. The fraction of sp³-hybridized carbons (Fsp3) is 0.700. The van der Waals surface area contributed by atoms with Gasteiger partial charge in [0.15, 0.2) is 0 Å². The van der Waals surface area contributed by atoms with Crippen LogP contribution in [0.5, 0.6) is 0 Å². The Morgan fingerprint density at radius 3 is 2.17 bits per heavy atom. The van der Waals surface area contributed by atoms with Crippen LogP contribution in [-0.4, -0.2) is 49.0 Å². The largest absolute Gasteiger partial charge is 0.540 e. The number of hydrogen-bond acceptors (Lipinski definition) is 5. The van der Waals surface area contributed by atoms with Gasteiger partial charge in [-0.2, -0.15) is 12.6 Å². The van der Waals surface area contributed by atoms with Crippen molar-refractivity contribution >= 4 is 30.7 Å². The molecule has 0 fully saturated rings. The van der Waals surface area contributed by atoms with E-state index in [1.807, 2.05) is 0 Å². The van der Waals surface area contributed by atoms with Crippen molar-refractivity contribution in [2.75, 3.05) is 12.8 Å². The van der Waals surface area contributed by atoms with Crippen LogP contribution in [-0.2, 0) is 47.1 Å². The third-order valence-corrected chi connectivity index (χ3v) is 2.54. The van der Waals surface area contributed by atoms with Crippen LogP contribution in [0.15, 0.2) is 0 Å². The maximum Gasteiger partial charge on any atom is 0.241 e. The van der Waals surface area contributed by atoms with Gasteiger partial charge in [0.1, 0.15) is 6.04 Å². The third kappa shape index (κ3) is 7.46. The Balaban J connectivity index is 0. The van der Waals surface area contributed by atoms with Crippen LogP contribution in [0.25, 0.3) is 0 Å². The Kier molecular flexibility index (Phi) is 12.3. The summed E-state index contributed by atoms with van der Waals surface area (Å²) in [4.78, 5) is 33.4. The molecule has 0 heterocycles. The summed E-state index contributed by atoms with van der Waals surface area (Å²) in [5, 5.41) is 7.68. The van der Waals surface area contributed by atoms with E-state index in [1.165, 1.54) is 6.92 Å². The average Bonchev–Trinajstić information content (AvgIpc) is 2.33. The number of carbonyl (C=O) groups is 2. The first kappa shape index (κ1) is 20.3. The molecule has 8 heteroatoms. The second kappa shape index (κ2) is 10.9. The maximum absolute atomic E-state index is 11.6. The average molecular weight is 349 g/mol. The molecule has 0 aliphatic heterocycles. The Morgan fingerprint density at radius 1 is 1.22 bits per heavy atom. The zero-order chi connectivity index (χ0) is 13.4. The standard InChI is InChI=1S/C10H18N3O3S.Y/c1-6(4-14)12-10(16)8(5-17)13-9(15)7(2)11-3;/h6-8,11,17H,5H2,1-3H3,(H,12,16)(H,13,15);/q-1;. The van der Waals surface area contributed by atoms with Crippen molar-refractivity contribution in [1.82, 2.24) is 16.0 Å². The fourth-order valence-corrected chi connectivity index (χ4v) is 1.22. The molecule has 0 rings (SSSR count). The minimum Gasteiger partial charge on any atom is -0.540 e. The van der Waals surface area contributed by atoms with Crippen molar-refractivity contribution in [1.29, 1.82) is 0 Å². The summed E-state index contributed by atoms with van der Waals surface area (Å²) >= 11 is 3.98. The molecule has 6 nitrogen and oxygen atoms in total. The van der Waals surface area contributed by atoms with Crippen molar-refractivity contribution in [3.8, 4) is 0 Å². The Labute approximate surface area is 138 Å². The van der Waals surface area contributed by atoms with E-state index in [-0.39, 0.29) is 44.4 Å². The summed E-state index contributed by atoms with van der Waals surface area (Å²) in [6.07, 6.45) is 1.63. The van der Waals surface area contributed by atoms with Crippen molar-refractivity contribution in [3.05, 3.63) is 0 Å². The molecule has 101 valence electrons. The molecule has 3 unspecified atom stereocenters. The van der Waals surface area contributed by atoms with Gasteiger partial charge >= 0.3 is 0 Å². The maximum atomic E-state index is 11.6. The van der Waals surface area contributed by atoms with Gasteiger partial charge in [0.25, 0.3) is 0 Å². The molecule has 3 N–H and O–H groups in total. The summed E-state index contributed by atoms with van der Waals surface area (Å²) in [7, 11) is 1.64. The van der Waals surface area contributed by atoms with E-state index >= 15 is 0 Å². The number of hydrogen-bond donors (Lipinski definition) is 4. The van der Waals surface area contributed by atoms with Crippen LogP contribution < -0.4 is 16.0 Å². The third-order valence-electron chi connectivity index (χ3n) is 2.18. The van der Waals surface area contributed by atoms with E-state index < -0.39 is 24.0 Å².